The molecule has 0 unspecified atom stereocenters. The largest absolute Gasteiger partial charge is 0.496 e. The fourth-order valence-electron chi connectivity index (χ4n) is 5.33. The fraction of sp³-hybridized carbons (Fsp3) is 0.481. The van der Waals surface area contributed by atoms with Crippen molar-refractivity contribution in [2.24, 2.45) is 11.3 Å². The maximum atomic E-state index is 13.2. The van der Waals surface area contributed by atoms with Crippen LogP contribution in [-0.2, 0) is 16.0 Å². The summed E-state index contributed by atoms with van der Waals surface area (Å²) in [6.45, 7) is 3.74. The summed E-state index contributed by atoms with van der Waals surface area (Å²) in [5.41, 5.74) is 2.69. The first-order valence-electron chi connectivity index (χ1n) is 11.9. The Hall–Kier alpha value is -2.82. The highest BCUT2D eigenvalue weighted by atomic mass is 16.5. The number of methoxy groups -OCH3 is 1. The zero-order chi connectivity index (χ0) is 22.6. The van der Waals surface area contributed by atoms with E-state index in [2.05, 4.69) is 29.6 Å². The number of ether oxygens (including phenoxy) is 1. The number of para-hydroxylation sites is 1. The Kier molecular flexibility index (Phi) is 6.83. The van der Waals surface area contributed by atoms with Crippen molar-refractivity contribution in [1.29, 1.82) is 0 Å². The topological polar surface area (TPSA) is 58.6 Å². The number of amides is 2. The van der Waals surface area contributed by atoms with Crippen LogP contribution in [0.5, 0.6) is 5.75 Å². The molecule has 2 fully saturated rings. The van der Waals surface area contributed by atoms with Gasteiger partial charge in [0.25, 0.3) is 0 Å². The molecule has 1 N–H and O–H groups in total. The number of hydrogen-bond acceptors (Lipinski definition) is 3. The third-order valence-corrected chi connectivity index (χ3v) is 7.10. The van der Waals surface area contributed by atoms with Crippen LogP contribution in [0.4, 0.5) is 0 Å². The Morgan fingerprint density at radius 1 is 1.09 bits per heavy atom. The fourth-order valence-corrected chi connectivity index (χ4v) is 5.33. The monoisotopic (exact) mass is 434 g/mol. The van der Waals surface area contributed by atoms with Crippen molar-refractivity contribution in [1.82, 2.24) is 10.2 Å². The van der Waals surface area contributed by atoms with Crippen molar-refractivity contribution in [3.63, 3.8) is 0 Å². The summed E-state index contributed by atoms with van der Waals surface area (Å²) in [4.78, 5) is 28.1. The van der Waals surface area contributed by atoms with E-state index in [0.29, 0.717) is 32.5 Å². The minimum atomic E-state index is -0.559. The van der Waals surface area contributed by atoms with Crippen molar-refractivity contribution < 1.29 is 14.3 Å². The maximum absolute atomic E-state index is 13.2. The predicted molar refractivity (Wildman–Crippen MR) is 126 cm³/mol. The molecule has 0 bridgehead atoms. The van der Waals surface area contributed by atoms with Crippen LogP contribution in [0.25, 0.3) is 11.1 Å². The lowest BCUT2D eigenvalue weighted by Crippen LogP contribution is -2.45. The quantitative estimate of drug-likeness (QED) is 0.700. The Morgan fingerprint density at radius 2 is 1.81 bits per heavy atom. The first kappa shape index (κ1) is 22.4. The molecule has 0 spiro atoms. The minimum Gasteiger partial charge on any atom is -0.496 e. The highest BCUT2D eigenvalue weighted by molar-refractivity contribution is 5.86. The minimum absolute atomic E-state index is 0.0653. The molecule has 1 heterocycles. The van der Waals surface area contributed by atoms with E-state index in [4.69, 9.17) is 4.74 Å². The molecule has 2 amide bonds. The molecule has 2 aliphatic rings. The van der Waals surface area contributed by atoms with Gasteiger partial charge in [-0.3, -0.25) is 9.59 Å². The van der Waals surface area contributed by atoms with Gasteiger partial charge in [0.05, 0.1) is 12.5 Å². The second-order valence-electron chi connectivity index (χ2n) is 9.20. The van der Waals surface area contributed by atoms with Gasteiger partial charge in [0, 0.05) is 31.1 Å². The Balaban J connectivity index is 1.53. The van der Waals surface area contributed by atoms with Gasteiger partial charge in [-0.05, 0) is 49.8 Å². The van der Waals surface area contributed by atoms with E-state index in [0.717, 1.165) is 48.1 Å². The molecule has 1 atom stereocenters. The van der Waals surface area contributed by atoms with Gasteiger partial charge in [-0.25, -0.2) is 0 Å². The number of carbonyl (C=O) groups excluding carboxylic acids is 2. The van der Waals surface area contributed by atoms with E-state index >= 15 is 0 Å². The average Bonchev–Trinajstić information content (AvgIpc) is 3.51. The highest BCUT2D eigenvalue weighted by Crippen LogP contribution is 2.38. The highest BCUT2D eigenvalue weighted by Gasteiger charge is 2.46. The summed E-state index contributed by atoms with van der Waals surface area (Å²) in [5, 5.41) is 3.04. The average molecular weight is 435 g/mol. The molecule has 0 radical (unpaired) electrons. The standard InChI is InChI=1S/C27H34N2O3/c1-3-28-26(31)27(16-17-29(19-27)25(30)22-8-4-5-9-22)18-20-12-14-21(15-13-20)23-10-6-7-11-24(23)32-2/h6-7,10-15,22H,3-5,8-9,16-19H2,1-2H3,(H,28,31)/t27-/m1/s1. The number of nitrogens with zero attached hydrogens (tertiary/aromatic N) is 1. The van der Waals surface area contributed by atoms with Gasteiger partial charge in [0.1, 0.15) is 5.75 Å². The van der Waals surface area contributed by atoms with E-state index in [1.54, 1.807) is 7.11 Å². The lowest BCUT2D eigenvalue weighted by Gasteiger charge is -2.29. The van der Waals surface area contributed by atoms with Crippen LogP contribution in [0, 0.1) is 11.3 Å². The molecule has 1 aliphatic heterocycles. The number of hydrogen-bond donors (Lipinski definition) is 1. The Bertz CT molecular complexity index is 950. The van der Waals surface area contributed by atoms with Crippen LogP contribution in [0.1, 0.15) is 44.6 Å². The first-order valence-corrected chi connectivity index (χ1v) is 11.9. The Morgan fingerprint density at radius 3 is 2.50 bits per heavy atom. The third-order valence-electron chi connectivity index (χ3n) is 7.10. The molecule has 2 aromatic rings. The number of benzene rings is 2. The second-order valence-corrected chi connectivity index (χ2v) is 9.20. The molecule has 0 aromatic heterocycles. The zero-order valence-electron chi connectivity index (χ0n) is 19.2. The maximum Gasteiger partial charge on any atom is 0.228 e. The molecule has 5 nitrogen and oxygen atoms in total. The summed E-state index contributed by atoms with van der Waals surface area (Å²) in [7, 11) is 1.68. The molecule has 2 aromatic carbocycles. The lowest BCUT2D eigenvalue weighted by molar-refractivity contribution is -0.136. The van der Waals surface area contributed by atoms with Gasteiger partial charge in [-0.1, -0.05) is 55.3 Å². The number of carbonyl (C=O) groups is 2. The second kappa shape index (κ2) is 9.76. The summed E-state index contributed by atoms with van der Waals surface area (Å²) < 4.78 is 5.50. The van der Waals surface area contributed by atoms with Gasteiger partial charge < -0.3 is 15.0 Å². The SMILES string of the molecule is CCNC(=O)[C@@]1(Cc2ccc(-c3ccccc3OC)cc2)CCN(C(=O)C2CCCC2)C1. The lowest BCUT2D eigenvalue weighted by atomic mass is 9.79. The van der Waals surface area contributed by atoms with Crippen LogP contribution in [-0.4, -0.2) is 43.5 Å². The summed E-state index contributed by atoms with van der Waals surface area (Å²) in [6, 6.07) is 16.4. The van der Waals surface area contributed by atoms with E-state index < -0.39 is 5.41 Å². The van der Waals surface area contributed by atoms with Crippen LogP contribution in [0.2, 0.25) is 0 Å². The third kappa shape index (κ3) is 4.52. The molecule has 1 saturated carbocycles. The van der Waals surface area contributed by atoms with Gasteiger partial charge in [-0.15, -0.1) is 0 Å². The molecule has 1 aliphatic carbocycles. The number of rotatable bonds is 7. The van der Waals surface area contributed by atoms with Gasteiger partial charge in [0.2, 0.25) is 11.8 Å². The van der Waals surface area contributed by atoms with Crippen LogP contribution >= 0.6 is 0 Å². The van der Waals surface area contributed by atoms with E-state index in [1.165, 1.54) is 0 Å². The number of nitrogens with one attached hydrogen (secondary N) is 1. The molecular weight excluding hydrogens is 400 g/mol. The van der Waals surface area contributed by atoms with Gasteiger partial charge in [0.15, 0.2) is 0 Å². The summed E-state index contributed by atoms with van der Waals surface area (Å²) >= 11 is 0. The molecule has 32 heavy (non-hydrogen) atoms. The van der Waals surface area contributed by atoms with Crippen molar-refractivity contribution in [2.45, 2.75) is 45.4 Å². The normalized spacial score (nSPS) is 21.0. The van der Waals surface area contributed by atoms with E-state index in [1.807, 2.05) is 36.1 Å². The van der Waals surface area contributed by atoms with Gasteiger partial charge in [-0.2, -0.15) is 0 Å². The summed E-state index contributed by atoms with van der Waals surface area (Å²) in [6.07, 6.45) is 5.63. The van der Waals surface area contributed by atoms with Gasteiger partial charge >= 0.3 is 0 Å². The van der Waals surface area contributed by atoms with Crippen LogP contribution in [0.15, 0.2) is 48.5 Å². The van der Waals surface area contributed by atoms with E-state index in [9.17, 15) is 9.59 Å². The first-order chi connectivity index (χ1) is 15.6. The smallest absolute Gasteiger partial charge is 0.228 e. The predicted octanol–water partition coefficient (Wildman–Crippen LogP) is 4.45. The molecule has 170 valence electrons. The van der Waals surface area contributed by atoms with Crippen molar-refractivity contribution in [3.8, 4) is 16.9 Å². The van der Waals surface area contributed by atoms with Crippen LogP contribution in [0.3, 0.4) is 0 Å². The van der Waals surface area contributed by atoms with Crippen LogP contribution < -0.4 is 10.1 Å². The molecule has 5 heteroatoms. The van der Waals surface area contributed by atoms with Crippen molar-refractivity contribution >= 4 is 11.8 Å². The molecular formula is C27H34N2O3. The van der Waals surface area contributed by atoms with Crippen molar-refractivity contribution in [2.75, 3.05) is 26.7 Å². The zero-order valence-corrected chi connectivity index (χ0v) is 19.2. The van der Waals surface area contributed by atoms with E-state index in [-0.39, 0.29) is 17.7 Å². The van der Waals surface area contributed by atoms with Crippen molar-refractivity contribution in [3.05, 3.63) is 54.1 Å². The summed E-state index contributed by atoms with van der Waals surface area (Å²) in [5.74, 6) is 1.31. The molecule has 1 saturated heterocycles. The molecule has 4 rings (SSSR count). The Labute approximate surface area is 191 Å². The number of likely N-dealkylation sites (tertiary alicyclic amines) is 1.